The van der Waals surface area contributed by atoms with Crippen molar-refractivity contribution in [1.29, 1.82) is 0 Å². The lowest BCUT2D eigenvalue weighted by molar-refractivity contribution is -0.126. The average Bonchev–Trinajstić information content (AvgIpc) is 2.67. The van der Waals surface area contributed by atoms with Crippen molar-refractivity contribution in [2.45, 2.75) is 46.5 Å². The van der Waals surface area contributed by atoms with Crippen molar-refractivity contribution in [3.8, 4) is 0 Å². The molecule has 0 unspecified atom stereocenters. The van der Waals surface area contributed by atoms with E-state index in [0.29, 0.717) is 17.6 Å². The molecule has 0 bridgehead atoms. The number of ketones is 1. The van der Waals surface area contributed by atoms with E-state index in [9.17, 15) is 4.79 Å². The van der Waals surface area contributed by atoms with Crippen LogP contribution < -0.4 is 0 Å². The van der Waals surface area contributed by atoms with E-state index in [1.807, 2.05) is 0 Å². The number of hydrogen-bond donors (Lipinski definition) is 0. The van der Waals surface area contributed by atoms with Gasteiger partial charge in [-0.2, -0.15) is 0 Å². The van der Waals surface area contributed by atoms with Crippen molar-refractivity contribution in [1.82, 2.24) is 0 Å². The minimum Gasteiger partial charge on any atom is -0.299 e. The van der Waals surface area contributed by atoms with Gasteiger partial charge in [-0.1, -0.05) is 32.9 Å². The Morgan fingerprint density at radius 1 is 1.31 bits per heavy atom. The first kappa shape index (κ1) is 10.6. The Bertz CT molecular complexity index is 379. The van der Waals surface area contributed by atoms with Crippen molar-refractivity contribution in [2.75, 3.05) is 0 Å². The van der Waals surface area contributed by atoms with Gasteiger partial charge in [0.05, 0.1) is 0 Å². The number of allylic oxidation sites excluding steroid dienone is 1. The number of rotatable bonds is 0. The molecule has 88 valence electrons. The summed E-state index contributed by atoms with van der Waals surface area (Å²) in [5.74, 6) is 2.52. The van der Waals surface area contributed by atoms with E-state index in [0.717, 1.165) is 12.3 Å². The van der Waals surface area contributed by atoms with Crippen LogP contribution in [0.2, 0.25) is 0 Å². The van der Waals surface area contributed by atoms with Crippen LogP contribution in [0.5, 0.6) is 0 Å². The van der Waals surface area contributed by atoms with Gasteiger partial charge in [0.25, 0.3) is 0 Å². The highest BCUT2D eigenvalue weighted by atomic mass is 16.1. The summed E-state index contributed by atoms with van der Waals surface area (Å²) in [4.78, 5) is 12.2. The molecule has 0 aliphatic heterocycles. The summed E-state index contributed by atoms with van der Waals surface area (Å²) in [6.07, 6.45) is 4.59. The molecule has 1 heteroatoms. The average molecular weight is 218 g/mol. The smallest absolute Gasteiger partial charge is 0.139 e. The number of hydrogen-bond acceptors (Lipinski definition) is 1. The zero-order chi connectivity index (χ0) is 11.7. The van der Waals surface area contributed by atoms with Crippen LogP contribution in [-0.4, -0.2) is 5.78 Å². The molecule has 4 atom stereocenters. The molecule has 0 N–H and O–H groups in total. The second-order valence-corrected chi connectivity index (χ2v) is 7.14. The highest BCUT2D eigenvalue weighted by molar-refractivity contribution is 5.88. The molecule has 0 aromatic heterocycles. The van der Waals surface area contributed by atoms with Gasteiger partial charge in [-0.3, -0.25) is 4.79 Å². The fourth-order valence-corrected chi connectivity index (χ4v) is 5.22. The summed E-state index contributed by atoms with van der Waals surface area (Å²) in [5, 5.41) is 0. The second kappa shape index (κ2) is 2.80. The van der Waals surface area contributed by atoms with E-state index < -0.39 is 0 Å². The van der Waals surface area contributed by atoms with Gasteiger partial charge in [-0.15, -0.1) is 0 Å². The maximum atomic E-state index is 12.2. The Hall–Kier alpha value is -0.590. The van der Waals surface area contributed by atoms with Gasteiger partial charge in [0.2, 0.25) is 0 Å². The maximum absolute atomic E-state index is 12.2. The van der Waals surface area contributed by atoms with E-state index >= 15 is 0 Å². The molecule has 0 saturated heterocycles. The van der Waals surface area contributed by atoms with Gasteiger partial charge in [-0.25, -0.2) is 0 Å². The van der Waals surface area contributed by atoms with E-state index in [1.165, 1.54) is 24.8 Å². The van der Waals surface area contributed by atoms with Crippen LogP contribution in [0.4, 0.5) is 0 Å². The molecule has 3 aliphatic rings. The van der Waals surface area contributed by atoms with Gasteiger partial charge in [0.15, 0.2) is 0 Å². The summed E-state index contributed by atoms with van der Waals surface area (Å²) < 4.78 is 0. The quantitative estimate of drug-likeness (QED) is 0.568. The van der Waals surface area contributed by atoms with Crippen molar-refractivity contribution in [3.05, 3.63) is 12.2 Å². The van der Waals surface area contributed by atoms with Gasteiger partial charge in [0, 0.05) is 11.8 Å². The van der Waals surface area contributed by atoms with Crippen molar-refractivity contribution < 1.29 is 4.79 Å². The van der Waals surface area contributed by atoms with Crippen molar-refractivity contribution in [3.63, 3.8) is 0 Å². The Balaban J connectivity index is 2.07. The zero-order valence-corrected chi connectivity index (χ0v) is 10.7. The largest absolute Gasteiger partial charge is 0.299 e. The van der Waals surface area contributed by atoms with Crippen LogP contribution in [0.15, 0.2) is 12.2 Å². The van der Waals surface area contributed by atoms with E-state index in [1.54, 1.807) is 0 Å². The third-order valence-electron chi connectivity index (χ3n) is 5.71. The molecule has 0 aromatic rings. The first-order valence-electron chi connectivity index (χ1n) is 6.57. The van der Waals surface area contributed by atoms with E-state index in [-0.39, 0.29) is 10.8 Å². The topological polar surface area (TPSA) is 17.1 Å². The van der Waals surface area contributed by atoms with E-state index in [4.69, 9.17) is 0 Å². The minimum atomic E-state index is -0.110. The van der Waals surface area contributed by atoms with E-state index in [2.05, 4.69) is 27.4 Å². The van der Waals surface area contributed by atoms with Crippen LogP contribution in [0.1, 0.15) is 46.5 Å². The molecule has 0 radical (unpaired) electrons. The fraction of sp³-hybridized carbons (Fsp3) is 0.800. The summed E-state index contributed by atoms with van der Waals surface area (Å²) >= 11 is 0. The number of fused-ring (bicyclic) bond motifs is 3. The molecule has 3 aliphatic carbocycles. The summed E-state index contributed by atoms with van der Waals surface area (Å²) in [6.45, 7) is 10.9. The standard InChI is InChI=1S/C15H22O/c1-9-5-6-10-7-15(4)8-11(16)14(2,3)13(15)12(9)10/h10,12-13H,1,5-8H2,2-4H3/t10-,12-,13-,15+/m0/s1. The van der Waals surface area contributed by atoms with Gasteiger partial charge in [-0.05, 0) is 42.4 Å². The molecule has 16 heavy (non-hydrogen) atoms. The SMILES string of the molecule is C=C1CC[C@H]2C[C@]3(C)CC(=O)C(C)(C)[C@@H]3[C@@H]12. The van der Waals surface area contributed by atoms with Crippen molar-refractivity contribution >= 4 is 5.78 Å². The molecule has 3 fully saturated rings. The fourth-order valence-electron chi connectivity index (χ4n) is 5.22. The Kier molecular flexibility index (Phi) is 1.85. The molecule has 1 nitrogen and oxygen atoms in total. The monoisotopic (exact) mass is 218 g/mol. The number of carbonyl (C=O) groups excluding carboxylic acids is 1. The minimum absolute atomic E-state index is 0.110. The Morgan fingerprint density at radius 3 is 2.69 bits per heavy atom. The van der Waals surface area contributed by atoms with Gasteiger partial charge < -0.3 is 0 Å². The molecule has 0 heterocycles. The lowest BCUT2D eigenvalue weighted by atomic mass is 9.68. The molecule has 3 saturated carbocycles. The molecule has 0 spiro atoms. The van der Waals surface area contributed by atoms with Crippen LogP contribution >= 0.6 is 0 Å². The molecular formula is C15H22O. The second-order valence-electron chi connectivity index (χ2n) is 7.14. The zero-order valence-electron chi connectivity index (χ0n) is 10.7. The first-order valence-corrected chi connectivity index (χ1v) is 6.57. The predicted molar refractivity (Wildman–Crippen MR) is 65.0 cm³/mol. The summed E-state index contributed by atoms with van der Waals surface area (Å²) in [7, 11) is 0. The van der Waals surface area contributed by atoms with Crippen LogP contribution in [0.3, 0.4) is 0 Å². The van der Waals surface area contributed by atoms with Crippen molar-refractivity contribution in [2.24, 2.45) is 28.6 Å². The molecule has 0 amide bonds. The predicted octanol–water partition coefficient (Wildman–Crippen LogP) is 3.59. The Labute approximate surface area is 98.3 Å². The summed E-state index contributed by atoms with van der Waals surface area (Å²) in [5.41, 5.74) is 1.60. The lowest BCUT2D eigenvalue weighted by Gasteiger charge is -2.34. The lowest BCUT2D eigenvalue weighted by Crippen LogP contribution is -2.32. The van der Waals surface area contributed by atoms with Crippen LogP contribution in [0.25, 0.3) is 0 Å². The third-order valence-corrected chi connectivity index (χ3v) is 5.71. The summed E-state index contributed by atoms with van der Waals surface area (Å²) in [6, 6.07) is 0. The number of Topliss-reactive ketones (excluding diaryl/α,β-unsaturated/α-hetero) is 1. The Morgan fingerprint density at radius 2 is 2.00 bits per heavy atom. The van der Waals surface area contributed by atoms with Crippen LogP contribution in [-0.2, 0) is 4.79 Å². The highest BCUT2D eigenvalue weighted by Crippen LogP contribution is 2.68. The first-order chi connectivity index (χ1) is 7.36. The van der Waals surface area contributed by atoms with Crippen LogP contribution in [0, 0.1) is 28.6 Å². The van der Waals surface area contributed by atoms with Gasteiger partial charge in [0.1, 0.15) is 5.78 Å². The normalized spacial score (nSPS) is 49.6. The number of carbonyl (C=O) groups is 1. The highest BCUT2D eigenvalue weighted by Gasteiger charge is 2.64. The molecule has 3 rings (SSSR count). The molecule has 0 aromatic carbocycles. The third kappa shape index (κ3) is 1.05. The van der Waals surface area contributed by atoms with Gasteiger partial charge >= 0.3 is 0 Å². The maximum Gasteiger partial charge on any atom is 0.139 e. The molecular weight excluding hydrogens is 196 g/mol.